The quantitative estimate of drug-likeness (QED) is 0.660. The smallest absolute Gasteiger partial charge is 0.0653 e. The fourth-order valence-electron chi connectivity index (χ4n) is 2.03. The molecule has 0 fully saturated rings. The SMILES string of the molecule is CC(C)[Si]C1=C([Si]C(C)C)C2=CC=CC2=C1. The first-order chi connectivity index (χ1) is 7.58. The van der Waals surface area contributed by atoms with E-state index < -0.39 is 0 Å². The molecular formula is C14H18Si2. The molecule has 0 unspecified atom stereocenters. The molecule has 0 N–H and O–H groups in total. The highest BCUT2D eigenvalue weighted by Gasteiger charge is 2.23. The topological polar surface area (TPSA) is 0 Å². The molecule has 2 aliphatic carbocycles. The standard InChI is InChI=1S/C14H18Si2/c1-9(2)15-13-8-11-6-5-7-12(11)14(13)16-10(3)4/h5-10H,1-4H3. The van der Waals surface area contributed by atoms with Crippen LogP contribution in [0.3, 0.4) is 0 Å². The van der Waals surface area contributed by atoms with Gasteiger partial charge in [-0.1, -0.05) is 73.5 Å². The third-order valence-electron chi connectivity index (χ3n) is 2.57. The molecule has 0 aromatic carbocycles. The van der Waals surface area contributed by atoms with Crippen LogP contribution in [-0.2, 0) is 0 Å². The first-order valence-corrected chi connectivity index (χ1v) is 8.11. The van der Waals surface area contributed by atoms with Gasteiger partial charge in [0.15, 0.2) is 0 Å². The number of allylic oxidation sites excluding steroid dienone is 8. The molecular weight excluding hydrogens is 224 g/mol. The van der Waals surface area contributed by atoms with Crippen molar-refractivity contribution in [2.24, 2.45) is 0 Å². The van der Waals surface area contributed by atoms with Gasteiger partial charge in [-0.15, -0.1) is 0 Å². The average Bonchev–Trinajstić information content (AvgIpc) is 2.68. The van der Waals surface area contributed by atoms with Crippen LogP contribution in [-0.4, -0.2) is 19.0 Å². The third-order valence-corrected chi connectivity index (χ3v) is 5.50. The molecule has 0 saturated heterocycles. The van der Waals surface area contributed by atoms with Crippen LogP contribution in [0.5, 0.6) is 0 Å². The van der Waals surface area contributed by atoms with E-state index >= 15 is 0 Å². The molecule has 0 atom stereocenters. The molecule has 2 heteroatoms. The summed E-state index contributed by atoms with van der Waals surface area (Å²) < 4.78 is 0. The second-order valence-corrected chi connectivity index (χ2v) is 8.85. The van der Waals surface area contributed by atoms with Gasteiger partial charge >= 0.3 is 0 Å². The minimum absolute atomic E-state index is 0.774. The van der Waals surface area contributed by atoms with Gasteiger partial charge in [-0.3, -0.25) is 0 Å². The average molecular weight is 242 g/mol. The Hall–Kier alpha value is -0.606. The monoisotopic (exact) mass is 242 g/mol. The van der Waals surface area contributed by atoms with Crippen molar-refractivity contribution >= 4 is 19.0 Å². The van der Waals surface area contributed by atoms with E-state index in [1.807, 2.05) is 0 Å². The van der Waals surface area contributed by atoms with E-state index in [9.17, 15) is 0 Å². The Bertz CT molecular complexity index is 394. The highest BCUT2D eigenvalue weighted by Crippen LogP contribution is 2.36. The maximum atomic E-state index is 2.42. The van der Waals surface area contributed by atoms with Crippen molar-refractivity contribution < 1.29 is 0 Å². The van der Waals surface area contributed by atoms with Crippen LogP contribution in [0.15, 0.2) is 45.8 Å². The minimum Gasteiger partial charge on any atom is -0.0653 e. The van der Waals surface area contributed by atoms with E-state index in [2.05, 4.69) is 52.0 Å². The fraction of sp³-hybridized carbons (Fsp3) is 0.429. The molecule has 0 aromatic rings. The number of hydrogen-bond acceptors (Lipinski definition) is 0. The van der Waals surface area contributed by atoms with Gasteiger partial charge in [0.05, 0.1) is 19.0 Å². The Morgan fingerprint density at radius 2 is 1.69 bits per heavy atom. The van der Waals surface area contributed by atoms with Gasteiger partial charge in [0, 0.05) is 0 Å². The first-order valence-electron chi connectivity index (χ1n) is 5.96. The van der Waals surface area contributed by atoms with Gasteiger partial charge in [-0.05, 0) is 11.1 Å². The molecule has 0 bridgehead atoms. The lowest BCUT2D eigenvalue weighted by Crippen LogP contribution is -2.08. The number of rotatable bonds is 4. The van der Waals surface area contributed by atoms with Gasteiger partial charge in [0.1, 0.15) is 0 Å². The van der Waals surface area contributed by atoms with Crippen molar-refractivity contribution in [1.29, 1.82) is 0 Å². The predicted octanol–water partition coefficient (Wildman–Crippen LogP) is 3.70. The van der Waals surface area contributed by atoms with Crippen LogP contribution in [0.1, 0.15) is 27.7 Å². The van der Waals surface area contributed by atoms with Crippen molar-refractivity contribution in [3.63, 3.8) is 0 Å². The summed E-state index contributed by atoms with van der Waals surface area (Å²) in [4.78, 5) is 0. The summed E-state index contributed by atoms with van der Waals surface area (Å²) in [6, 6.07) is 0. The Labute approximate surface area is 104 Å². The van der Waals surface area contributed by atoms with Crippen molar-refractivity contribution in [2.75, 3.05) is 0 Å². The zero-order valence-electron chi connectivity index (χ0n) is 10.5. The van der Waals surface area contributed by atoms with E-state index in [1.54, 1.807) is 10.4 Å². The lowest BCUT2D eigenvalue weighted by molar-refractivity contribution is 1.06. The van der Waals surface area contributed by atoms with Crippen molar-refractivity contribution in [1.82, 2.24) is 0 Å². The summed E-state index contributed by atoms with van der Waals surface area (Å²) in [5.41, 5.74) is 4.51. The molecule has 0 spiro atoms. The summed E-state index contributed by atoms with van der Waals surface area (Å²) >= 11 is 0. The second kappa shape index (κ2) is 4.72. The van der Waals surface area contributed by atoms with Crippen LogP contribution in [0, 0.1) is 0 Å². The third kappa shape index (κ3) is 2.38. The van der Waals surface area contributed by atoms with Gasteiger partial charge in [0.25, 0.3) is 0 Å². The zero-order valence-corrected chi connectivity index (χ0v) is 12.5. The molecule has 2 rings (SSSR count). The van der Waals surface area contributed by atoms with Crippen molar-refractivity contribution in [3.8, 4) is 0 Å². The van der Waals surface area contributed by atoms with E-state index in [0.29, 0.717) is 0 Å². The van der Waals surface area contributed by atoms with E-state index in [1.165, 1.54) is 11.1 Å². The maximum absolute atomic E-state index is 2.42. The molecule has 0 saturated carbocycles. The van der Waals surface area contributed by atoms with Gasteiger partial charge in [0.2, 0.25) is 0 Å². The Morgan fingerprint density at radius 3 is 2.31 bits per heavy atom. The molecule has 16 heavy (non-hydrogen) atoms. The largest absolute Gasteiger partial charge is 0.0843 e. The summed E-state index contributed by atoms with van der Waals surface area (Å²) in [5.74, 6) is 0. The fourth-order valence-corrected chi connectivity index (χ4v) is 4.79. The highest BCUT2D eigenvalue weighted by atomic mass is 28.2. The van der Waals surface area contributed by atoms with Gasteiger partial charge in [-0.25, -0.2) is 0 Å². The molecule has 0 amide bonds. The molecule has 82 valence electrons. The highest BCUT2D eigenvalue weighted by molar-refractivity contribution is 6.57. The molecule has 0 heterocycles. The summed E-state index contributed by atoms with van der Waals surface area (Å²) in [7, 11) is 1.93. The molecule has 2 aliphatic rings. The van der Waals surface area contributed by atoms with Crippen molar-refractivity contribution in [2.45, 2.75) is 38.8 Å². The Morgan fingerprint density at radius 1 is 1.00 bits per heavy atom. The Balaban J connectivity index is 2.26. The second-order valence-electron chi connectivity index (χ2n) is 4.93. The van der Waals surface area contributed by atoms with Crippen LogP contribution in [0.4, 0.5) is 0 Å². The van der Waals surface area contributed by atoms with E-state index in [-0.39, 0.29) is 0 Å². The van der Waals surface area contributed by atoms with Crippen LogP contribution >= 0.6 is 0 Å². The normalized spacial score (nSPS) is 18.6. The van der Waals surface area contributed by atoms with E-state index in [0.717, 1.165) is 30.1 Å². The van der Waals surface area contributed by atoms with Crippen LogP contribution < -0.4 is 0 Å². The number of hydrogen-bond donors (Lipinski definition) is 0. The van der Waals surface area contributed by atoms with Crippen LogP contribution in [0.25, 0.3) is 0 Å². The van der Waals surface area contributed by atoms with Gasteiger partial charge < -0.3 is 0 Å². The maximum Gasteiger partial charge on any atom is 0.0843 e. The summed E-state index contributed by atoms with van der Waals surface area (Å²) in [6.07, 6.45) is 9.13. The predicted molar refractivity (Wildman–Crippen MR) is 74.0 cm³/mol. The zero-order chi connectivity index (χ0) is 11.7. The summed E-state index contributed by atoms with van der Waals surface area (Å²) in [5, 5.41) is 3.26. The van der Waals surface area contributed by atoms with Crippen molar-refractivity contribution in [3.05, 3.63) is 45.8 Å². The minimum atomic E-state index is 0.774. The molecule has 0 aliphatic heterocycles. The Kier molecular flexibility index (Phi) is 3.50. The number of fused-ring (bicyclic) bond motifs is 1. The molecule has 4 radical (unpaired) electrons. The molecule has 0 nitrogen and oxygen atoms in total. The van der Waals surface area contributed by atoms with E-state index in [4.69, 9.17) is 0 Å². The lowest BCUT2D eigenvalue weighted by Gasteiger charge is -2.11. The van der Waals surface area contributed by atoms with Gasteiger partial charge in [-0.2, -0.15) is 0 Å². The lowest BCUT2D eigenvalue weighted by atomic mass is 10.2. The first kappa shape index (κ1) is 11.9. The molecule has 0 aromatic heterocycles. The summed E-state index contributed by atoms with van der Waals surface area (Å²) in [6.45, 7) is 9.28. The van der Waals surface area contributed by atoms with Crippen LogP contribution in [0.2, 0.25) is 11.1 Å².